The molecule has 0 bridgehead atoms. The molecule has 0 heterocycles. The minimum Gasteiger partial charge on any atom is -0.369 e. The van der Waals surface area contributed by atoms with Crippen LogP contribution in [0.15, 0.2) is 24.3 Å². The molecule has 0 aromatic heterocycles. The van der Waals surface area contributed by atoms with Gasteiger partial charge in [-0.25, -0.2) is 0 Å². The van der Waals surface area contributed by atoms with Crippen LogP contribution in [0.1, 0.15) is 52.0 Å². The van der Waals surface area contributed by atoms with Crippen molar-refractivity contribution < 1.29 is 0 Å². The second-order valence-corrected chi connectivity index (χ2v) is 6.45. The Bertz CT molecular complexity index is 379. The van der Waals surface area contributed by atoms with Crippen LogP contribution < -0.4 is 10.2 Å². The average Bonchev–Trinajstić information content (AvgIpc) is 3.25. The van der Waals surface area contributed by atoms with E-state index in [2.05, 4.69) is 55.3 Å². The van der Waals surface area contributed by atoms with Crippen molar-refractivity contribution in [2.24, 2.45) is 5.92 Å². The molecule has 0 aliphatic heterocycles. The lowest BCUT2D eigenvalue weighted by Gasteiger charge is -2.26. The van der Waals surface area contributed by atoms with Crippen molar-refractivity contribution in [1.29, 1.82) is 0 Å². The highest BCUT2D eigenvalue weighted by Crippen LogP contribution is 2.32. The van der Waals surface area contributed by atoms with Gasteiger partial charge in [-0.15, -0.1) is 0 Å². The first-order chi connectivity index (χ1) is 9.70. The molecule has 0 saturated heterocycles. The van der Waals surface area contributed by atoms with Gasteiger partial charge in [0.05, 0.1) is 0 Å². The summed E-state index contributed by atoms with van der Waals surface area (Å²) in [7, 11) is 0. The predicted molar refractivity (Wildman–Crippen MR) is 88.3 cm³/mol. The lowest BCUT2D eigenvalue weighted by molar-refractivity contribution is 0.570. The molecule has 112 valence electrons. The molecule has 0 radical (unpaired) electrons. The minimum atomic E-state index is 0.786. The zero-order valence-corrected chi connectivity index (χ0v) is 13.4. The van der Waals surface area contributed by atoms with Crippen molar-refractivity contribution in [3.63, 3.8) is 0 Å². The summed E-state index contributed by atoms with van der Waals surface area (Å²) in [6.07, 6.45) is 5.23. The molecule has 2 nitrogen and oxygen atoms in total. The van der Waals surface area contributed by atoms with Crippen molar-refractivity contribution in [2.45, 2.75) is 59.0 Å². The quantitative estimate of drug-likeness (QED) is 0.679. The average molecular weight is 274 g/mol. The van der Waals surface area contributed by atoms with Crippen LogP contribution in [-0.4, -0.2) is 19.1 Å². The fraction of sp³-hybridized carbons (Fsp3) is 0.667. The number of nitrogens with one attached hydrogen (secondary N) is 1. The fourth-order valence-electron chi connectivity index (χ4n) is 2.52. The van der Waals surface area contributed by atoms with Gasteiger partial charge in [-0.2, -0.15) is 0 Å². The van der Waals surface area contributed by atoms with Crippen molar-refractivity contribution in [2.75, 3.05) is 18.0 Å². The van der Waals surface area contributed by atoms with Gasteiger partial charge in [-0.3, -0.25) is 0 Å². The Balaban J connectivity index is 1.91. The maximum Gasteiger partial charge on any atom is 0.0368 e. The molecule has 2 rings (SSSR count). The van der Waals surface area contributed by atoms with Crippen LogP contribution in [0.3, 0.4) is 0 Å². The topological polar surface area (TPSA) is 15.3 Å². The van der Waals surface area contributed by atoms with Crippen molar-refractivity contribution in [3.05, 3.63) is 29.8 Å². The van der Waals surface area contributed by atoms with E-state index in [1.54, 1.807) is 0 Å². The van der Waals surface area contributed by atoms with Crippen LogP contribution in [0.2, 0.25) is 0 Å². The smallest absolute Gasteiger partial charge is 0.0368 e. The van der Waals surface area contributed by atoms with Gasteiger partial charge in [0, 0.05) is 24.8 Å². The molecule has 0 amide bonds. The number of hydrogen-bond donors (Lipinski definition) is 1. The van der Waals surface area contributed by atoms with Crippen molar-refractivity contribution >= 4 is 5.69 Å². The molecule has 1 aliphatic carbocycles. The Hall–Kier alpha value is -1.02. The molecule has 0 unspecified atom stereocenters. The predicted octanol–water partition coefficient (Wildman–Crippen LogP) is 4.20. The highest BCUT2D eigenvalue weighted by Gasteiger charge is 2.28. The number of anilines is 1. The molecule has 1 aromatic carbocycles. The number of nitrogens with zero attached hydrogens (tertiary/aromatic N) is 1. The van der Waals surface area contributed by atoms with Crippen molar-refractivity contribution in [1.82, 2.24) is 5.32 Å². The van der Waals surface area contributed by atoms with Crippen molar-refractivity contribution in [3.8, 4) is 0 Å². The Morgan fingerprint density at radius 2 is 1.90 bits per heavy atom. The summed E-state index contributed by atoms with van der Waals surface area (Å²) in [5, 5.41) is 3.46. The van der Waals surface area contributed by atoms with E-state index >= 15 is 0 Å². The second-order valence-electron chi connectivity index (χ2n) is 6.45. The van der Waals surface area contributed by atoms with Gasteiger partial charge in [-0.05, 0) is 55.8 Å². The van der Waals surface area contributed by atoms with E-state index in [1.807, 2.05) is 0 Å². The highest BCUT2D eigenvalue weighted by atomic mass is 15.2. The Kier molecular flexibility index (Phi) is 5.90. The Labute approximate surface area is 124 Å². The van der Waals surface area contributed by atoms with E-state index in [-0.39, 0.29) is 0 Å². The van der Waals surface area contributed by atoms with Crippen LogP contribution >= 0.6 is 0 Å². The molecule has 1 aliphatic rings. The molecular formula is C18H30N2. The molecule has 1 fully saturated rings. The molecule has 2 heteroatoms. The van der Waals surface area contributed by atoms with Gasteiger partial charge < -0.3 is 10.2 Å². The largest absolute Gasteiger partial charge is 0.369 e. The lowest BCUT2D eigenvalue weighted by atomic mass is 10.1. The van der Waals surface area contributed by atoms with E-state index in [9.17, 15) is 0 Å². The SMILES string of the molecule is CCCNCc1ccc(N(CCC(C)C)C2CC2)cc1. The number of rotatable bonds is 9. The normalized spacial score (nSPS) is 14.8. The van der Waals surface area contributed by atoms with Gasteiger partial charge in [0.15, 0.2) is 0 Å². The lowest BCUT2D eigenvalue weighted by Crippen LogP contribution is -2.27. The zero-order chi connectivity index (χ0) is 14.4. The highest BCUT2D eigenvalue weighted by molar-refractivity contribution is 5.49. The molecule has 0 atom stereocenters. The number of benzene rings is 1. The van der Waals surface area contributed by atoms with Crippen LogP contribution in [-0.2, 0) is 6.54 Å². The third-order valence-corrected chi connectivity index (χ3v) is 3.96. The van der Waals surface area contributed by atoms with E-state index in [4.69, 9.17) is 0 Å². The molecule has 1 saturated carbocycles. The van der Waals surface area contributed by atoms with Gasteiger partial charge in [0.25, 0.3) is 0 Å². The summed E-state index contributed by atoms with van der Waals surface area (Å²) in [6, 6.07) is 9.98. The van der Waals surface area contributed by atoms with Gasteiger partial charge >= 0.3 is 0 Å². The van der Waals surface area contributed by atoms with E-state index in [1.165, 1.54) is 43.5 Å². The summed E-state index contributed by atoms with van der Waals surface area (Å²) >= 11 is 0. The monoisotopic (exact) mass is 274 g/mol. The minimum absolute atomic E-state index is 0.786. The first kappa shape index (κ1) is 15.4. The third-order valence-electron chi connectivity index (χ3n) is 3.96. The van der Waals surface area contributed by atoms with Gasteiger partial charge in [0.2, 0.25) is 0 Å². The van der Waals surface area contributed by atoms with E-state index < -0.39 is 0 Å². The Morgan fingerprint density at radius 1 is 1.20 bits per heavy atom. The second kappa shape index (κ2) is 7.68. The summed E-state index contributed by atoms with van der Waals surface area (Å²) in [5.74, 6) is 0.786. The summed E-state index contributed by atoms with van der Waals surface area (Å²) in [5.41, 5.74) is 2.80. The third kappa shape index (κ3) is 4.82. The van der Waals surface area contributed by atoms with Crippen LogP contribution in [0.25, 0.3) is 0 Å². The molecular weight excluding hydrogens is 244 g/mol. The molecule has 20 heavy (non-hydrogen) atoms. The molecule has 1 N–H and O–H groups in total. The van der Waals surface area contributed by atoms with Crippen LogP contribution in [0.5, 0.6) is 0 Å². The molecule has 1 aromatic rings. The summed E-state index contributed by atoms with van der Waals surface area (Å²) in [4.78, 5) is 2.61. The standard InChI is InChI=1S/C18H30N2/c1-4-12-19-14-16-5-7-17(8-6-16)20(18-9-10-18)13-11-15(2)3/h5-8,15,18-19H,4,9-14H2,1-3H3. The summed E-state index contributed by atoms with van der Waals surface area (Å²) < 4.78 is 0. The van der Waals surface area contributed by atoms with Crippen LogP contribution in [0, 0.1) is 5.92 Å². The number of hydrogen-bond acceptors (Lipinski definition) is 2. The molecule has 0 spiro atoms. The Morgan fingerprint density at radius 3 is 2.45 bits per heavy atom. The van der Waals surface area contributed by atoms with E-state index in [0.717, 1.165) is 25.0 Å². The summed E-state index contributed by atoms with van der Waals surface area (Å²) in [6.45, 7) is 10.1. The maximum absolute atomic E-state index is 3.46. The van der Waals surface area contributed by atoms with E-state index in [0.29, 0.717) is 0 Å². The zero-order valence-electron chi connectivity index (χ0n) is 13.4. The first-order valence-electron chi connectivity index (χ1n) is 8.27. The van der Waals surface area contributed by atoms with Crippen LogP contribution in [0.4, 0.5) is 5.69 Å². The van der Waals surface area contributed by atoms with Gasteiger partial charge in [-0.1, -0.05) is 32.9 Å². The van der Waals surface area contributed by atoms with Gasteiger partial charge in [0.1, 0.15) is 0 Å². The first-order valence-corrected chi connectivity index (χ1v) is 8.27. The fourth-order valence-corrected chi connectivity index (χ4v) is 2.52. The maximum atomic E-state index is 3.46.